The molecule has 220 valence electrons. The Labute approximate surface area is 240 Å². The Morgan fingerprint density at radius 2 is 1.78 bits per heavy atom. The molecule has 1 aliphatic rings. The SMILES string of the molecule is COc1cc(NC(c2ccc(Cl)cc2)C(O)N2CCc3cc(OC)c(C(F)(F)F)cc32)cc(OCCCC(=O)O)c1. The van der Waals surface area contributed by atoms with Crippen LogP contribution in [0.1, 0.15) is 35.6 Å². The van der Waals surface area contributed by atoms with Gasteiger partial charge in [0.2, 0.25) is 0 Å². The summed E-state index contributed by atoms with van der Waals surface area (Å²) in [5, 5.41) is 24.3. The Bertz CT molecular complexity index is 1370. The quantitative estimate of drug-likeness (QED) is 0.215. The van der Waals surface area contributed by atoms with Gasteiger partial charge in [0.15, 0.2) is 6.23 Å². The molecule has 0 saturated carbocycles. The molecule has 8 nitrogen and oxygen atoms in total. The predicted octanol–water partition coefficient (Wildman–Crippen LogP) is 6.15. The summed E-state index contributed by atoms with van der Waals surface area (Å²) in [7, 11) is 2.67. The number of hydrogen-bond donors (Lipinski definition) is 3. The van der Waals surface area contributed by atoms with Gasteiger partial charge in [0.25, 0.3) is 0 Å². The molecule has 3 N–H and O–H groups in total. The summed E-state index contributed by atoms with van der Waals surface area (Å²) in [5.41, 5.74) is 1.10. The molecule has 3 aromatic carbocycles. The van der Waals surface area contributed by atoms with E-state index in [-0.39, 0.29) is 31.0 Å². The lowest BCUT2D eigenvalue weighted by Gasteiger charge is -2.34. The van der Waals surface area contributed by atoms with E-state index in [1.54, 1.807) is 42.5 Å². The van der Waals surface area contributed by atoms with E-state index in [2.05, 4.69) is 5.32 Å². The van der Waals surface area contributed by atoms with Gasteiger partial charge in [-0.15, -0.1) is 0 Å². The van der Waals surface area contributed by atoms with E-state index in [0.29, 0.717) is 46.2 Å². The molecule has 0 bridgehead atoms. The Balaban J connectivity index is 1.67. The lowest BCUT2D eigenvalue weighted by atomic mass is 10.0. The molecule has 0 aliphatic carbocycles. The first kappa shape index (κ1) is 30.1. The summed E-state index contributed by atoms with van der Waals surface area (Å²) in [5.74, 6) is -0.339. The summed E-state index contributed by atoms with van der Waals surface area (Å²) in [4.78, 5) is 12.3. The minimum atomic E-state index is -4.64. The molecule has 4 rings (SSSR count). The van der Waals surface area contributed by atoms with Crippen LogP contribution in [-0.2, 0) is 17.4 Å². The number of fused-ring (bicyclic) bond motifs is 1. The van der Waals surface area contributed by atoms with Gasteiger partial charge in [0, 0.05) is 47.6 Å². The van der Waals surface area contributed by atoms with E-state index in [1.165, 1.54) is 25.2 Å². The molecule has 1 aliphatic heterocycles. The molecule has 0 fully saturated rings. The van der Waals surface area contributed by atoms with Crippen LogP contribution in [0.3, 0.4) is 0 Å². The number of ether oxygens (including phenoxy) is 3. The molecule has 3 aromatic rings. The van der Waals surface area contributed by atoms with Crippen molar-refractivity contribution in [1.82, 2.24) is 0 Å². The Morgan fingerprint density at radius 3 is 2.41 bits per heavy atom. The zero-order valence-electron chi connectivity index (χ0n) is 22.4. The second-order valence-corrected chi connectivity index (χ2v) is 9.89. The molecular formula is C29H30ClF3N2O6. The fourth-order valence-corrected chi connectivity index (χ4v) is 4.86. The number of nitrogens with one attached hydrogen (secondary N) is 1. The largest absolute Gasteiger partial charge is 0.497 e. The zero-order valence-corrected chi connectivity index (χ0v) is 23.1. The lowest BCUT2D eigenvalue weighted by Crippen LogP contribution is -2.41. The van der Waals surface area contributed by atoms with Gasteiger partial charge in [-0.25, -0.2) is 0 Å². The van der Waals surface area contributed by atoms with Crippen LogP contribution in [0.2, 0.25) is 5.02 Å². The number of aliphatic hydroxyl groups is 1. The average Bonchev–Trinajstić information content (AvgIpc) is 3.36. The van der Waals surface area contributed by atoms with E-state index in [1.807, 2.05) is 0 Å². The number of carboxylic acid groups (broad SMARTS) is 1. The summed E-state index contributed by atoms with van der Waals surface area (Å²) in [6.07, 6.45) is -5.26. The van der Waals surface area contributed by atoms with Crippen LogP contribution in [0.4, 0.5) is 24.5 Å². The van der Waals surface area contributed by atoms with Crippen molar-refractivity contribution < 1.29 is 42.4 Å². The van der Waals surface area contributed by atoms with Crippen LogP contribution >= 0.6 is 11.6 Å². The summed E-state index contributed by atoms with van der Waals surface area (Å²) >= 11 is 6.10. The number of methoxy groups -OCH3 is 2. The number of anilines is 2. The van der Waals surface area contributed by atoms with Crippen LogP contribution < -0.4 is 24.4 Å². The van der Waals surface area contributed by atoms with Gasteiger partial charge in [-0.3, -0.25) is 4.79 Å². The van der Waals surface area contributed by atoms with E-state index < -0.39 is 30.0 Å². The molecule has 0 spiro atoms. The van der Waals surface area contributed by atoms with Crippen molar-refractivity contribution in [3.63, 3.8) is 0 Å². The van der Waals surface area contributed by atoms with Crippen molar-refractivity contribution in [2.24, 2.45) is 0 Å². The van der Waals surface area contributed by atoms with Crippen molar-refractivity contribution in [1.29, 1.82) is 0 Å². The van der Waals surface area contributed by atoms with Gasteiger partial charge in [-0.2, -0.15) is 13.2 Å². The highest BCUT2D eigenvalue weighted by atomic mass is 35.5. The smallest absolute Gasteiger partial charge is 0.420 e. The number of alkyl halides is 3. The minimum Gasteiger partial charge on any atom is -0.497 e. The number of aliphatic carboxylic acids is 1. The number of benzene rings is 3. The van der Waals surface area contributed by atoms with Gasteiger partial charge in [0.05, 0.1) is 32.4 Å². The molecule has 0 saturated heterocycles. The first-order valence-electron chi connectivity index (χ1n) is 12.8. The number of hydrogen-bond acceptors (Lipinski definition) is 7. The first-order chi connectivity index (χ1) is 19.5. The van der Waals surface area contributed by atoms with Crippen LogP contribution in [0.5, 0.6) is 17.2 Å². The third kappa shape index (κ3) is 7.28. The lowest BCUT2D eigenvalue weighted by molar-refractivity contribution is -0.139. The number of nitrogens with zero attached hydrogens (tertiary/aromatic N) is 1. The number of carbonyl (C=O) groups is 1. The summed E-state index contributed by atoms with van der Waals surface area (Å²) in [6.45, 7) is 0.445. The number of carboxylic acids is 1. The van der Waals surface area contributed by atoms with Crippen LogP contribution in [0.25, 0.3) is 0 Å². The van der Waals surface area contributed by atoms with E-state index in [0.717, 1.165) is 6.07 Å². The third-order valence-corrected chi connectivity index (χ3v) is 6.98. The fraction of sp³-hybridized carbons (Fsp3) is 0.345. The standard InChI is InChI=1S/C29H30ClF3N2O6/c1-39-21-13-20(14-22(15-21)41-11-3-4-26(36)37)34-27(17-5-7-19(30)8-6-17)28(38)35-10-9-18-12-25(40-2)23(16-24(18)35)29(31,32)33/h5-8,12-16,27-28,34,38H,3-4,9-11H2,1-2H3,(H,36,37). The molecule has 12 heteroatoms. The molecule has 2 atom stereocenters. The Kier molecular flexibility index (Phi) is 9.39. The van der Waals surface area contributed by atoms with E-state index >= 15 is 0 Å². The number of rotatable bonds is 12. The number of aliphatic hydroxyl groups excluding tert-OH is 1. The van der Waals surface area contributed by atoms with E-state index in [4.69, 9.17) is 30.9 Å². The van der Waals surface area contributed by atoms with Gasteiger partial charge in [-0.05, 0) is 48.2 Å². The minimum absolute atomic E-state index is 0.0425. The highest BCUT2D eigenvalue weighted by molar-refractivity contribution is 6.30. The fourth-order valence-electron chi connectivity index (χ4n) is 4.73. The van der Waals surface area contributed by atoms with Crippen LogP contribution in [0, 0.1) is 0 Å². The molecule has 2 unspecified atom stereocenters. The van der Waals surface area contributed by atoms with Crippen molar-refractivity contribution >= 4 is 28.9 Å². The monoisotopic (exact) mass is 594 g/mol. The van der Waals surface area contributed by atoms with Crippen molar-refractivity contribution in [3.8, 4) is 17.2 Å². The zero-order chi connectivity index (χ0) is 29.7. The first-order valence-corrected chi connectivity index (χ1v) is 13.2. The van der Waals surface area contributed by atoms with E-state index in [9.17, 15) is 23.1 Å². The number of halogens is 4. The maximum Gasteiger partial charge on any atom is 0.420 e. The highest BCUT2D eigenvalue weighted by Gasteiger charge is 2.39. The second-order valence-electron chi connectivity index (χ2n) is 9.45. The van der Waals surface area contributed by atoms with Crippen LogP contribution in [0.15, 0.2) is 54.6 Å². The maximum absolute atomic E-state index is 13.8. The molecule has 0 aromatic heterocycles. The molecule has 1 heterocycles. The summed E-state index contributed by atoms with van der Waals surface area (Å²) < 4.78 is 57.5. The Morgan fingerprint density at radius 1 is 1.07 bits per heavy atom. The van der Waals surface area contributed by atoms with Gasteiger partial charge < -0.3 is 34.6 Å². The third-order valence-electron chi connectivity index (χ3n) is 6.73. The van der Waals surface area contributed by atoms with Crippen LogP contribution in [-0.4, -0.2) is 49.8 Å². The normalized spacial score (nSPS) is 14.3. The van der Waals surface area contributed by atoms with Crippen molar-refractivity contribution in [2.45, 2.75) is 37.7 Å². The molecule has 0 radical (unpaired) electrons. The molecule has 41 heavy (non-hydrogen) atoms. The second kappa shape index (κ2) is 12.8. The van der Waals surface area contributed by atoms with Gasteiger partial charge in [0.1, 0.15) is 17.2 Å². The maximum atomic E-state index is 13.8. The average molecular weight is 595 g/mol. The molecule has 0 amide bonds. The topological polar surface area (TPSA) is 100 Å². The predicted molar refractivity (Wildman–Crippen MR) is 148 cm³/mol. The Hall–Kier alpha value is -3.83. The van der Waals surface area contributed by atoms with Crippen molar-refractivity contribution in [2.75, 3.05) is 37.6 Å². The highest BCUT2D eigenvalue weighted by Crippen LogP contribution is 2.44. The van der Waals surface area contributed by atoms with Gasteiger partial charge >= 0.3 is 12.1 Å². The summed E-state index contributed by atoms with van der Waals surface area (Å²) in [6, 6.07) is 13.3. The van der Waals surface area contributed by atoms with Crippen molar-refractivity contribution in [3.05, 3.63) is 76.3 Å². The molecular weight excluding hydrogens is 565 g/mol. The van der Waals surface area contributed by atoms with Gasteiger partial charge in [-0.1, -0.05) is 23.7 Å².